The quantitative estimate of drug-likeness (QED) is 0.605. The Balaban J connectivity index is 2.08. The molecular weight excluding hydrogens is 344 g/mol. The van der Waals surface area contributed by atoms with Crippen LogP contribution in [-0.2, 0) is 0 Å². The van der Waals surface area contributed by atoms with Crippen molar-refractivity contribution in [2.75, 3.05) is 0 Å². The van der Waals surface area contributed by atoms with E-state index in [0.29, 0.717) is 0 Å². The minimum Gasteiger partial charge on any atom is -0.337 e. The maximum Gasteiger partial charge on any atom is 0.178 e. The van der Waals surface area contributed by atoms with Crippen LogP contribution in [-0.4, -0.2) is 9.55 Å². The van der Waals surface area contributed by atoms with Gasteiger partial charge in [0.05, 0.1) is 11.7 Å². The summed E-state index contributed by atoms with van der Waals surface area (Å²) in [6.45, 7) is 2.17. The topological polar surface area (TPSA) is 20.7 Å². The Hall–Kier alpha value is -1.65. The van der Waals surface area contributed by atoms with E-state index in [9.17, 15) is 0 Å². The van der Waals surface area contributed by atoms with Gasteiger partial charge in [0.15, 0.2) is 4.77 Å². The molecule has 1 unspecified atom stereocenters. The summed E-state index contributed by atoms with van der Waals surface area (Å²) < 4.78 is 3.98. The zero-order valence-electron chi connectivity index (χ0n) is 11.6. The van der Waals surface area contributed by atoms with Crippen LogP contribution in [0.15, 0.2) is 65.3 Å². The van der Waals surface area contributed by atoms with Crippen LogP contribution in [0.5, 0.6) is 0 Å². The van der Waals surface area contributed by atoms with Gasteiger partial charge in [0.25, 0.3) is 0 Å². The normalized spacial score (nSPS) is 12.3. The second-order valence-electron chi connectivity index (χ2n) is 4.94. The van der Waals surface area contributed by atoms with E-state index in [4.69, 9.17) is 12.2 Å². The maximum absolute atomic E-state index is 5.47. The van der Waals surface area contributed by atoms with Crippen LogP contribution in [0.4, 0.5) is 0 Å². The third-order valence-corrected chi connectivity index (χ3v) is 4.46. The number of nitrogens with one attached hydrogen (secondary N) is 1. The molecule has 3 rings (SSSR count). The van der Waals surface area contributed by atoms with Crippen LogP contribution < -0.4 is 0 Å². The number of halogens is 1. The second kappa shape index (κ2) is 6.00. The molecule has 1 aromatic heterocycles. The number of aromatic amines is 1. The van der Waals surface area contributed by atoms with Crippen molar-refractivity contribution in [1.82, 2.24) is 9.55 Å². The zero-order chi connectivity index (χ0) is 14.8. The number of rotatable bonds is 3. The van der Waals surface area contributed by atoms with E-state index in [0.717, 1.165) is 20.5 Å². The fourth-order valence-electron chi connectivity index (χ4n) is 2.48. The lowest BCUT2D eigenvalue weighted by atomic mass is 10.1. The standard InChI is InChI=1S/C17H15BrN2S/c1-12(13-7-9-15(18)10-8-13)20-16(11-19-17(20)21)14-5-3-2-4-6-14/h2-12H,1H3,(H,19,21). The molecule has 0 spiro atoms. The molecule has 1 heterocycles. The molecule has 2 nitrogen and oxygen atoms in total. The first-order valence-electron chi connectivity index (χ1n) is 6.77. The third-order valence-electron chi connectivity index (χ3n) is 3.62. The summed E-state index contributed by atoms with van der Waals surface area (Å²) in [5, 5.41) is 0. The van der Waals surface area contributed by atoms with E-state index in [2.05, 4.69) is 68.8 Å². The Morgan fingerprint density at radius 2 is 1.71 bits per heavy atom. The Bertz CT molecular complexity index is 788. The van der Waals surface area contributed by atoms with Gasteiger partial charge in [0, 0.05) is 10.7 Å². The lowest BCUT2D eigenvalue weighted by Crippen LogP contribution is -2.08. The van der Waals surface area contributed by atoms with Gasteiger partial charge < -0.3 is 9.55 Å². The first-order chi connectivity index (χ1) is 10.2. The van der Waals surface area contributed by atoms with Gasteiger partial charge in [-0.2, -0.15) is 0 Å². The van der Waals surface area contributed by atoms with Gasteiger partial charge in [-0.1, -0.05) is 58.4 Å². The van der Waals surface area contributed by atoms with Crippen LogP contribution in [0.1, 0.15) is 18.5 Å². The van der Waals surface area contributed by atoms with Crippen molar-refractivity contribution in [2.45, 2.75) is 13.0 Å². The Morgan fingerprint density at radius 3 is 2.38 bits per heavy atom. The van der Waals surface area contributed by atoms with Gasteiger partial charge >= 0.3 is 0 Å². The molecule has 21 heavy (non-hydrogen) atoms. The number of nitrogens with zero attached hydrogens (tertiary/aromatic N) is 1. The van der Waals surface area contributed by atoms with E-state index >= 15 is 0 Å². The van der Waals surface area contributed by atoms with Crippen LogP contribution in [0.25, 0.3) is 11.3 Å². The number of aromatic nitrogens is 2. The van der Waals surface area contributed by atoms with Gasteiger partial charge in [-0.3, -0.25) is 0 Å². The highest BCUT2D eigenvalue weighted by Gasteiger charge is 2.14. The maximum atomic E-state index is 5.47. The van der Waals surface area contributed by atoms with Gasteiger partial charge in [0.2, 0.25) is 0 Å². The predicted molar refractivity (Wildman–Crippen MR) is 93.0 cm³/mol. The zero-order valence-corrected chi connectivity index (χ0v) is 14.0. The van der Waals surface area contributed by atoms with E-state index < -0.39 is 0 Å². The van der Waals surface area contributed by atoms with Crippen molar-refractivity contribution in [3.8, 4) is 11.3 Å². The minimum absolute atomic E-state index is 0.173. The summed E-state index contributed by atoms with van der Waals surface area (Å²) in [5.74, 6) is 0. The molecule has 0 bridgehead atoms. The smallest absolute Gasteiger partial charge is 0.178 e. The van der Waals surface area contributed by atoms with Gasteiger partial charge in [-0.15, -0.1) is 0 Å². The SMILES string of the molecule is CC(c1ccc(Br)cc1)n1c(-c2ccccc2)c[nH]c1=S. The van der Waals surface area contributed by atoms with Gasteiger partial charge in [0.1, 0.15) is 0 Å². The minimum atomic E-state index is 0.173. The molecule has 2 aromatic carbocycles. The Morgan fingerprint density at radius 1 is 1.05 bits per heavy atom. The molecule has 0 amide bonds. The van der Waals surface area contributed by atoms with Crippen molar-refractivity contribution in [3.05, 3.63) is 75.6 Å². The largest absolute Gasteiger partial charge is 0.337 e. The number of hydrogen-bond donors (Lipinski definition) is 1. The molecule has 0 aliphatic carbocycles. The van der Waals surface area contributed by atoms with Crippen LogP contribution in [0, 0.1) is 4.77 Å². The Kier molecular flexibility index (Phi) is 4.08. The van der Waals surface area contributed by atoms with Crippen LogP contribution in [0.2, 0.25) is 0 Å². The Labute approximate surface area is 137 Å². The van der Waals surface area contributed by atoms with Crippen LogP contribution in [0.3, 0.4) is 0 Å². The second-order valence-corrected chi connectivity index (χ2v) is 6.24. The summed E-state index contributed by atoms with van der Waals surface area (Å²) in [5.41, 5.74) is 3.50. The molecular formula is C17H15BrN2S. The fourth-order valence-corrected chi connectivity index (χ4v) is 3.06. The molecule has 0 aliphatic heterocycles. The number of imidazole rings is 1. The molecule has 0 saturated carbocycles. The number of hydrogen-bond acceptors (Lipinski definition) is 1. The highest BCUT2D eigenvalue weighted by atomic mass is 79.9. The van der Waals surface area contributed by atoms with Crippen molar-refractivity contribution < 1.29 is 0 Å². The number of H-pyrrole nitrogens is 1. The molecule has 1 N–H and O–H groups in total. The highest BCUT2D eigenvalue weighted by Crippen LogP contribution is 2.27. The first kappa shape index (κ1) is 14.3. The molecule has 106 valence electrons. The average molecular weight is 359 g/mol. The summed E-state index contributed by atoms with van der Waals surface area (Å²) >= 11 is 8.95. The van der Waals surface area contributed by atoms with Crippen molar-refractivity contribution in [2.24, 2.45) is 0 Å². The monoisotopic (exact) mass is 358 g/mol. The molecule has 0 aliphatic rings. The molecule has 3 aromatic rings. The molecule has 0 radical (unpaired) electrons. The highest BCUT2D eigenvalue weighted by molar-refractivity contribution is 9.10. The molecule has 0 saturated heterocycles. The van der Waals surface area contributed by atoms with E-state index in [1.807, 2.05) is 24.4 Å². The molecule has 0 fully saturated rings. The van der Waals surface area contributed by atoms with Crippen molar-refractivity contribution >= 4 is 28.1 Å². The molecule has 4 heteroatoms. The van der Waals surface area contributed by atoms with Crippen LogP contribution >= 0.6 is 28.1 Å². The van der Waals surface area contributed by atoms with Crippen molar-refractivity contribution in [3.63, 3.8) is 0 Å². The predicted octanol–water partition coefficient (Wildman–Crippen LogP) is 5.58. The van der Waals surface area contributed by atoms with Crippen molar-refractivity contribution in [1.29, 1.82) is 0 Å². The average Bonchev–Trinajstić information content (AvgIpc) is 2.90. The van der Waals surface area contributed by atoms with E-state index in [-0.39, 0.29) is 6.04 Å². The summed E-state index contributed by atoms with van der Waals surface area (Å²) in [4.78, 5) is 3.17. The van der Waals surface area contributed by atoms with Gasteiger partial charge in [-0.05, 0) is 42.4 Å². The third kappa shape index (κ3) is 2.87. The fraction of sp³-hybridized carbons (Fsp3) is 0.118. The summed E-state index contributed by atoms with van der Waals surface area (Å²) in [6, 6.07) is 18.8. The summed E-state index contributed by atoms with van der Waals surface area (Å²) in [6.07, 6.45) is 1.98. The summed E-state index contributed by atoms with van der Waals surface area (Å²) in [7, 11) is 0. The van der Waals surface area contributed by atoms with Gasteiger partial charge in [-0.25, -0.2) is 0 Å². The first-order valence-corrected chi connectivity index (χ1v) is 7.98. The lowest BCUT2D eigenvalue weighted by Gasteiger charge is -2.17. The molecule has 1 atom stereocenters. The van der Waals surface area contributed by atoms with E-state index in [1.54, 1.807) is 0 Å². The number of benzene rings is 2. The lowest BCUT2D eigenvalue weighted by molar-refractivity contribution is 0.636. The van der Waals surface area contributed by atoms with E-state index in [1.165, 1.54) is 5.56 Å².